The molecule has 7 rings (SSSR count). The van der Waals surface area contributed by atoms with Gasteiger partial charge in [0.15, 0.2) is 0 Å². The van der Waals surface area contributed by atoms with Gasteiger partial charge in [-0.15, -0.1) is 0 Å². The van der Waals surface area contributed by atoms with E-state index >= 15 is 0 Å². The third-order valence-corrected chi connectivity index (χ3v) is 12.7. The fourth-order valence-corrected chi connectivity index (χ4v) is 11.3. The number of nitrogens with zero attached hydrogens (tertiary/aromatic N) is 1. The monoisotopic (exact) mass is 453 g/mol. The van der Waals surface area contributed by atoms with Gasteiger partial charge in [-0.25, -0.2) is 0 Å². The number of hydrogen-bond acceptors (Lipinski definition) is 1. The topological polar surface area (TPSA) is 3.24 Å². The van der Waals surface area contributed by atoms with Gasteiger partial charge in [0, 0.05) is 11.6 Å². The first-order chi connectivity index (χ1) is 16.2. The molecule has 0 aromatic rings. The van der Waals surface area contributed by atoms with Crippen molar-refractivity contribution in [2.45, 2.75) is 147 Å². The van der Waals surface area contributed by atoms with E-state index in [0.29, 0.717) is 5.54 Å². The van der Waals surface area contributed by atoms with Crippen LogP contribution in [0.5, 0.6) is 0 Å². The molecule has 7 saturated carbocycles. The lowest BCUT2D eigenvalue weighted by atomic mass is 9.54. The Morgan fingerprint density at radius 3 is 2.15 bits per heavy atom. The first-order valence-corrected chi connectivity index (χ1v) is 16.0. The smallest absolute Gasteiger partial charge is 0.0217 e. The number of rotatable bonds is 4. The van der Waals surface area contributed by atoms with Gasteiger partial charge in [-0.05, 0) is 125 Å². The van der Waals surface area contributed by atoms with Crippen molar-refractivity contribution in [2.24, 2.45) is 47.3 Å². The third kappa shape index (κ3) is 4.27. The second-order valence-electron chi connectivity index (χ2n) is 14.2. The summed E-state index contributed by atoms with van der Waals surface area (Å²) in [7, 11) is 0. The molecule has 0 heterocycles. The molecule has 0 spiro atoms. The first kappa shape index (κ1) is 23.4. The van der Waals surface area contributed by atoms with Crippen molar-refractivity contribution in [3.8, 4) is 0 Å². The van der Waals surface area contributed by atoms with Crippen molar-refractivity contribution in [3.05, 3.63) is 0 Å². The van der Waals surface area contributed by atoms with Crippen LogP contribution in [0, 0.1) is 47.3 Å². The van der Waals surface area contributed by atoms with Crippen LogP contribution in [0.15, 0.2) is 0 Å². The normalized spacial score (nSPS) is 50.5. The van der Waals surface area contributed by atoms with Crippen LogP contribution >= 0.6 is 0 Å². The van der Waals surface area contributed by atoms with Crippen LogP contribution < -0.4 is 0 Å². The zero-order chi connectivity index (χ0) is 22.4. The zero-order valence-electron chi connectivity index (χ0n) is 22.3. The van der Waals surface area contributed by atoms with Gasteiger partial charge in [0.2, 0.25) is 0 Å². The average molecular weight is 454 g/mol. The maximum Gasteiger partial charge on any atom is 0.0217 e. The summed E-state index contributed by atoms with van der Waals surface area (Å²) >= 11 is 0. The molecule has 7 aliphatic rings. The molecule has 188 valence electrons. The SMILES string of the molecule is CCN(C1CCCCC1C1CCCCCC2CC[C@H]3CCC(C)CCC3C21)C12CCC(C1)C2. The van der Waals surface area contributed by atoms with Gasteiger partial charge in [0.05, 0.1) is 0 Å². The average Bonchev–Trinajstić information content (AvgIpc) is 3.35. The summed E-state index contributed by atoms with van der Waals surface area (Å²) in [5, 5.41) is 0. The minimum Gasteiger partial charge on any atom is -0.295 e. The highest BCUT2D eigenvalue weighted by molar-refractivity contribution is 5.11. The van der Waals surface area contributed by atoms with Gasteiger partial charge in [0.1, 0.15) is 0 Å². The molecule has 0 N–H and O–H groups in total. The summed E-state index contributed by atoms with van der Waals surface area (Å²) in [4.78, 5) is 3.17. The van der Waals surface area contributed by atoms with Crippen molar-refractivity contribution in [2.75, 3.05) is 6.54 Å². The summed E-state index contributed by atoms with van der Waals surface area (Å²) in [5.41, 5.74) is 0.646. The van der Waals surface area contributed by atoms with E-state index in [1.165, 1.54) is 51.5 Å². The van der Waals surface area contributed by atoms with Crippen molar-refractivity contribution in [1.29, 1.82) is 0 Å². The first-order valence-electron chi connectivity index (χ1n) is 16.0. The third-order valence-electron chi connectivity index (χ3n) is 12.7. The Hall–Kier alpha value is -0.0400. The molecule has 1 heteroatoms. The van der Waals surface area contributed by atoms with Crippen LogP contribution in [0.25, 0.3) is 0 Å². The molecule has 1 nitrogen and oxygen atoms in total. The van der Waals surface area contributed by atoms with Gasteiger partial charge >= 0.3 is 0 Å². The van der Waals surface area contributed by atoms with Crippen LogP contribution in [0.2, 0.25) is 0 Å². The zero-order valence-corrected chi connectivity index (χ0v) is 22.3. The minimum absolute atomic E-state index is 0.646. The molecule has 0 aliphatic heterocycles. The highest BCUT2D eigenvalue weighted by Gasteiger charge is 2.56. The lowest BCUT2D eigenvalue weighted by molar-refractivity contribution is -0.0764. The molecule has 0 saturated heterocycles. The molecule has 0 amide bonds. The van der Waals surface area contributed by atoms with Gasteiger partial charge in [-0.3, -0.25) is 4.90 Å². The molecule has 0 aromatic heterocycles. The standard InChI is InChI=1S/C32H55N/c1-3-33(32-20-19-24(21-32)22-32)30-12-8-7-10-28(30)29-11-6-4-5-9-26-17-16-25-15-13-23(2)14-18-27(25)31(26)29/h23-31H,3-22H2,1-2H3/t23?,24?,25-,26?,27?,28?,29?,30?,31?,32?/m1/s1. The molecule has 7 aliphatic carbocycles. The van der Waals surface area contributed by atoms with Crippen molar-refractivity contribution >= 4 is 0 Å². The van der Waals surface area contributed by atoms with Crippen LogP contribution in [-0.2, 0) is 0 Å². The molecule has 8 atom stereocenters. The lowest BCUT2D eigenvalue weighted by Gasteiger charge is -2.57. The Bertz CT molecular complexity index is 643. The highest BCUT2D eigenvalue weighted by Crippen LogP contribution is 2.59. The molecule has 0 aromatic carbocycles. The molecule has 7 unspecified atom stereocenters. The van der Waals surface area contributed by atoms with Crippen molar-refractivity contribution < 1.29 is 0 Å². The van der Waals surface area contributed by atoms with Crippen LogP contribution in [-0.4, -0.2) is 23.0 Å². The maximum absolute atomic E-state index is 3.17. The lowest BCUT2D eigenvalue weighted by Crippen LogP contribution is -2.60. The fraction of sp³-hybridized carbons (Fsp3) is 1.00. The van der Waals surface area contributed by atoms with E-state index in [0.717, 1.165) is 53.4 Å². The molecule has 0 radical (unpaired) electrons. The Morgan fingerprint density at radius 1 is 0.636 bits per heavy atom. The van der Waals surface area contributed by atoms with E-state index in [2.05, 4.69) is 18.7 Å². The predicted molar refractivity (Wildman–Crippen MR) is 140 cm³/mol. The van der Waals surface area contributed by atoms with Crippen LogP contribution in [0.1, 0.15) is 136 Å². The second-order valence-corrected chi connectivity index (χ2v) is 14.2. The van der Waals surface area contributed by atoms with E-state index < -0.39 is 0 Å². The molecule has 2 bridgehead atoms. The highest BCUT2D eigenvalue weighted by atomic mass is 15.2. The summed E-state index contributed by atoms with van der Waals surface area (Å²) < 4.78 is 0. The fourth-order valence-electron chi connectivity index (χ4n) is 11.3. The van der Waals surface area contributed by atoms with E-state index in [-0.39, 0.29) is 0 Å². The Kier molecular flexibility index (Phi) is 6.93. The Balaban J connectivity index is 1.30. The van der Waals surface area contributed by atoms with Gasteiger partial charge < -0.3 is 0 Å². The predicted octanol–water partition coefficient (Wildman–Crippen LogP) is 8.86. The molecule has 33 heavy (non-hydrogen) atoms. The van der Waals surface area contributed by atoms with E-state index in [9.17, 15) is 0 Å². The molecular formula is C32H55N. The maximum atomic E-state index is 3.17. The van der Waals surface area contributed by atoms with Crippen LogP contribution in [0.3, 0.4) is 0 Å². The number of hydrogen-bond donors (Lipinski definition) is 0. The Labute approximate surface area is 206 Å². The van der Waals surface area contributed by atoms with Crippen LogP contribution in [0.4, 0.5) is 0 Å². The second kappa shape index (κ2) is 9.78. The van der Waals surface area contributed by atoms with Gasteiger partial charge in [-0.2, -0.15) is 0 Å². The minimum atomic E-state index is 0.646. The van der Waals surface area contributed by atoms with Crippen molar-refractivity contribution in [3.63, 3.8) is 0 Å². The van der Waals surface area contributed by atoms with E-state index in [4.69, 9.17) is 0 Å². The summed E-state index contributed by atoms with van der Waals surface area (Å²) in [6.45, 7) is 6.42. The molecule has 7 fully saturated rings. The quantitative estimate of drug-likeness (QED) is 0.411. The van der Waals surface area contributed by atoms with Gasteiger partial charge in [0.25, 0.3) is 0 Å². The Morgan fingerprint density at radius 2 is 1.33 bits per heavy atom. The van der Waals surface area contributed by atoms with E-state index in [1.54, 1.807) is 77.0 Å². The van der Waals surface area contributed by atoms with Gasteiger partial charge in [-0.1, -0.05) is 65.2 Å². The number of fused-ring (bicyclic) bond motifs is 4. The summed E-state index contributed by atoms with van der Waals surface area (Å²) in [6, 6.07) is 0.929. The summed E-state index contributed by atoms with van der Waals surface area (Å²) in [6.07, 6.45) is 29.6. The van der Waals surface area contributed by atoms with Crippen molar-refractivity contribution in [1.82, 2.24) is 4.90 Å². The summed E-state index contributed by atoms with van der Waals surface area (Å²) in [5.74, 6) is 8.53. The van der Waals surface area contributed by atoms with E-state index in [1.807, 2.05) is 0 Å². The largest absolute Gasteiger partial charge is 0.295 e. The molecular weight excluding hydrogens is 398 g/mol.